The SMILES string of the molecule is O=C(c1cc(O)ccc1[N+](=O)[O-])N1CCN(C2CC2)CC1. The highest BCUT2D eigenvalue weighted by atomic mass is 16.6. The van der Waals surface area contributed by atoms with Crippen molar-refractivity contribution in [1.29, 1.82) is 0 Å². The van der Waals surface area contributed by atoms with Crippen LogP contribution in [0.25, 0.3) is 0 Å². The number of benzene rings is 1. The number of carbonyl (C=O) groups excluding carboxylic acids is 1. The lowest BCUT2D eigenvalue weighted by molar-refractivity contribution is -0.385. The quantitative estimate of drug-likeness (QED) is 0.668. The van der Waals surface area contributed by atoms with Crippen LogP contribution in [0.15, 0.2) is 18.2 Å². The molecule has 1 aliphatic carbocycles. The van der Waals surface area contributed by atoms with Gasteiger partial charge in [0.1, 0.15) is 11.3 Å². The summed E-state index contributed by atoms with van der Waals surface area (Å²) >= 11 is 0. The van der Waals surface area contributed by atoms with Crippen molar-refractivity contribution in [1.82, 2.24) is 9.80 Å². The first kappa shape index (κ1) is 13.8. The maximum atomic E-state index is 12.5. The molecule has 0 unspecified atom stereocenters. The van der Waals surface area contributed by atoms with Gasteiger partial charge in [-0.2, -0.15) is 0 Å². The fourth-order valence-corrected chi connectivity index (χ4v) is 2.75. The van der Waals surface area contributed by atoms with Gasteiger partial charge in [0.05, 0.1) is 4.92 Å². The lowest BCUT2D eigenvalue weighted by Crippen LogP contribution is -2.49. The summed E-state index contributed by atoms with van der Waals surface area (Å²) in [5.74, 6) is -0.520. The average Bonchev–Trinajstić information content (AvgIpc) is 3.31. The molecular formula is C14H17N3O4. The van der Waals surface area contributed by atoms with Crippen LogP contribution in [0, 0.1) is 10.1 Å². The van der Waals surface area contributed by atoms with Gasteiger partial charge in [0, 0.05) is 38.3 Å². The van der Waals surface area contributed by atoms with Gasteiger partial charge in [0.2, 0.25) is 0 Å². The number of nitro groups is 1. The molecule has 1 heterocycles. The number of piperazine rings is 1. The van der Waals surface area contributed by atoms with Crippen LogP contribution < -0.4 is 0 Å². The molecule has 1 saturated heterocycles. The zero-order chi connectivity index (χ0) is 15.0. The predicted octanol–water partition coefficient (Wildman–Crippen LogP) is 1.22. The lowest BCUT2D eigenvalue weighted by atomic mass is 10.1. The van der Waals surface area contributed by atoms with E-state index in [1.165, 1.54) is 31.0 Å². The zero-order valence-electron chi connectivity index (χ0n) is 11.6. The van der Waals surface area contributed by atoms with E-state index in [4.69, 9.17) is 0 Å². The van der Waals surface area contributed by atoms with Gasteiger partial charge in [0.25, 0.3) is 11.6 Å². The first-order valence-corrected chi connectivity index (χ1v) is 7.07. The molecule has 2 aliphatic rings. The highest BCUT2D eigenvalue weighted by molar-refractivity contribution is 5.98. The minimum atomic E-state index is -0.590. The first-order valence-electron chi connectivity index (χ1n) is 7.07. The Kier molecular flexibility index (Phi) is 3.50. The third-order valence-electron chi connectivity index (χ3n) is 4.07. The van der Waals surface area contributed by atoms with Crippen molar-refractivity contribution >= 4 is 11.6 Å². The van der Waals surface area contributed by atoms with Crippen molar-refractivity contribution in [3.05, 3.63) is 33.9 Å². The first-order chi connectivity index (χ1) is 10.1. The van der Waals surface area contributed by atoms with E-state index in [0.29, 0.717) is 19.1 Å². The largest absolute Gasteiger partial charge is 0.508 e. The van der Waals surface area contributed by atoms with Crippen LogP contribution in [-0.4, -0.2) is 58.0 Å². The second-order valence-electron chi connectivity index (χ2n) is 5.52. The van der Waals surface area contributed by atoms with Crippen LogP contribution in [0.1, 0.15) is 23.2 Å². The fourth-order valence-electron chi connectivity index (χ4n) is 2.75. The molecule has 1 aliphatic heterocycles. The van der Waals surface area contributed by atoms with Gasteiger partial charge >= 0.3 is 0 Å². The Bertz CT molecular complexity index is 578. The normalized spacial score (nSPS) is 19.5. The topological polar surface area (TPSA) is 86.9 Å². The monoisotopic (exact) mass is 291 g/mol. The molecule has 0 bridgehead atoms. The van der Waals surface area contributed by atoms with E-state index in [1.807, 2.05) is 0 Å². The van der Waals surface area contributed by atoms with E-state index in [0.717, 1.165) is 13.1 Å². The molecule has 2 fully saturated rings. The smallest absolute Gasteiger partial charge is 0.282 e. The number of hydrogen-bond acceptors (Lipinski definition) is 5. The number of nitrogens with zero attached hydrogens (tertiary/aromatic N) is 3. The Morgan fingerprint density at radius 2 is 1.90 bits per heavy atom. The van der Waals surface area contributed by atoms with Gasteiger partial charge in [-0.05, 0) is 25.0 Å². The van der Waals surface area contributed by atoms with Crippen LogP contribution in [-0.2, 0) is 0 Å². The zero-order valence-corrected chi connectivity index (χ0v) is 11.6. The molecule has 0 spiro atoms. The predicted molar refractivity (Wildman–Crippen MR) is 75.3 cm³/mol. The highest BCUT2D eigenvalue weighted by Gasteiger charge is 2.33. The number of nitro benzene ring substituents is 1. The number of phenols is 1. The maximum Gasteiger partial charge on any atom is 0.282 e. The van der Waals surface area contributed by atoms with Gasteiger partial charge in [0.15, 0.2) is 0 Å². The minimum Gasteiger partial charge on any atom is -0.508 e. The molecule has 1 amide bonds. The van der Waals surface area contributed by atoms with E-state index >= 15 is 0 Å². The molecule has 1 saturated carbocycles. The number of carbonyl (C=O) groups is 1. The van der Waals surface area contributed by atoms with Crippen LogP contribution in [0.2, 0.25) is 0 Å². The number of rotatable bonds is 3. The van der Waals surface area contributed by atoms with Crippen molar-refractivity contribution in [3.8, 4) is 5.75 Å². The van der Waals surface area contributed by atoms with Crippen molar-refractivity contribution < 1.29 is 14.8 Å². The molecule has 3 rings (SSSR count). The summed E-state index contributed by atoms with van der Waals surface area (Å²) in [6.07, 6.45) is 2.46. The standard InChI is InChI=1S/C14H17N3O4/c18-11-3-4-13(17(20)21)12(9-11)14(19)16-7-5-15(6-8-16)10-1-2-10/h3-4,9-10,18H,1-2,5-8H2. The average molecular weight is 291 g/mol. The molecule has 0 atom stereocenters. The van der Waals surface area contributed by atoms with Gasteiger partial charge in [-0.15, -0.1) is 0 Å². The third kappa shape index (κ3) is 2.82. The maximum absolute atomic E-state index is 12.5. The molecular weight excluding hydrogens is 274 g/mol. The molecule has 7 nitrogen and oxygen atoms in total. The number of aromatic hydroxyl groups is 1. The van der Waals surface area contributed by atoms with E-state index in [2.05, 4.69) is 4.90 Å². The van der Waals surface area contributed by atoms with Crippen molar-refractivity contribution in [2.75, 3.05) is 26.2 Å². The molecule has 0 aromatic heterocycles. The summed E-state index contributed by atoms with van der Waals surface area (Å²) in [5, 5.41) is 20.5. The van der Waals surface area contributed by atoms with Crippen LogP contribution in [0.3, 0.4) is 0 Å². The lowest BCUT2D eigenvalue weighted by Gasteiger charge is -2.34. The number of hydrogen-bond donors (Lipinski definition) is 1. The Hall–Kier alpha value is -2.15. The molecule has 1 aromatic rings. The van der Waals surface area contributed by atoms with Crippen LogP contribution in [0.4, 0.5) is 5.69 Å². The van der Waals surface area contributed by atoms with Crippen molar-refractivity contribution in [2.24, 2.45) is 0 Å². The molecule has 1 N–H and O–H groups in total. The summed E-state index contributed by atoms with van der Waals surface area (Å²) in [7, 11) is 0. The Labute approximate surface area is 121 Å². The Balaban J connectivity index is 1.76. The second-order valence-corrected chi connectivity index (χ2v) is 5.52. The Morgan fingerprint density at radius 1 is 1.24 bits per heavy atom. The van der Waals surface area contributed by atoms with Gasteiger partial charge in [-0.1, -0.05) is 0 Å². The number of amides is 1. The van der Waals surface area contributed by atoms with Crippen molar-refractivity contribution in [3.63, 3.8) is 0 Å². The molecule has 7 heteroatoms. The van der Waals surface area contributed by atoms with Gasteiger partial charge < -0.3 is 10.0 Å². The van der Waals surface area contributed by atoms with E-state index < -0.39 is 4.92 Å². The second kappa shape index (κ2) is 5.33. The van der Waals surface area contributed by atoms with Gasteiger partial charge in [-0.3, -0.25) is 19.8 Å². The van der Waals surface area contributed by atoms with E-state index in [1.54, 1.807) is 4.90 Å². The van der Waals surface area contributed by atoms with Crippen molar-refractivity contribution in [2.45, 2.75) is 18.9 Å². The molecule has 0 radical (unpaired) electrons. The Morgan fingerprint density at radius 3 is 2.48 bits per heavy atom. The minimum absolute atomic E-state index is 0.0418. The molecule has 21 heavy (non-hydrogen) atoms. The fraction of sp³-hybridized carbons (Fsp3) is 0.500. The molecule has 1 aromatic carbocycles. The van der Waals surface area contributed by atoms with Gasteiger partial charge in [-0.25, -0.2) is 0 Å². The van der Waals surface area contributed by atoms with Crippen LogP contribution >= 0.6 is 0 Å². The number of phenolic OH excluding ortho intramolecular Hbond substituents is 1. The van der Waals surface area contributed by atoms with Crippen LogP contribution in [0.5, 0.6) is 5.75 Å². The highest BCUT2D eigenvalue weighted by Crippen LogP contribution is 2.29. The summed E-state index contributed by atoms with van der Waals surface area (Å²) in [6.45, 7) is 2.76. The third-order valence-corrected chi connectivity index (χ3v) is 4.07. The van der Waals surface area contributed by atoms with E-state index in [9.17, 15) is 20.0 Å². The summed E-state index contributed by atoms with van der Waals surface area (Å²) in [6, 6.07) is 4.23. The molecule has 112 valence electrons. The summed E-state index contributed by atoms with van der Waals surface area (Å²) in [5.41, 5.74) is -0.303. The summed E-state index contributed by atoms with van der Waals surface area (Å²) in [4.78, 5) is 26.9. The summed E-state index contributed by atoms with van der Waals surface area (Å²) < 4.78 is 0. The van der Waals surface area contributed by atoms with E-state index in [-0.39, 0.29) is 22.9 Å².